The lowest BCUT2D eigenvalue weighted by Crippen LogP contribution is -2.22. The number of carbonyl (C=O) groups excluding carboxylic acids is 1. The molecule has 1 amide bonds. The van der Waals surface area contributed by atoms with Crippen molar-refractivity contribution in [2.75, 3.05) is 0 Å². The Morgan fingerprint density at radius 3 is 3.00 bits per heavy atom. The fourth-order valence-corrected chi connectivity index (χ4v) is 2.88. The molecule has 2 heterocycles. The van der Waals surface area contributed by atoms with Crippen molar-refractivity contribution in [3.05, 3.63) is 50.4 Å². The molecular formula is C12H12BrN3OS. The predicted molar refractivity (Wildman–Crippen MR) is 75.3 cm³/mol. The maximum atomic E-state index is 11.9. The molecule has 0 aliphatic rings. The molecule has 2 aromatic heterocycles. The normalized spacial score (nSPS) is 10.3. The van der Waals surface area contributed by atoms with Gasteiger partial charge in [0.1, 0.15) is 0 Å². The second kappa shape index (κ2) is 6.08. The summed E-state index contributed by atoms with van der Waals surface area (Å²) in [6.45, 7) is 0.842. The molecule has 0 saturated carbocycles. The lowest BCUT2D eigenvalue weighted by molar-refractivity contribution is 0.0951. The molecule has 2 rings (SSSR count). The summed E-state index contributed by atoms with van der Waals surface area (Å²) in [5, 5.41) is 4.84. The highest BCUT2D eigenvalue weighted by Gasteiger charge is 2.08. The van der Waals surface area contributed by atoms with E-state index in [1.54, 1.807) is 29.7 Å². The van der Waals surface area contributed by atoms with Gasteiger partial charge in [0.25, 0.3) is 5.91 Å². The number of carbonyl (C=O) groups is 1. The molecule has 0 bridgehead atoms. The van der Waals surface area contributed by atoms with Crippen LogP contribution in [0.25, 0.3) is 0 Å². The molecule has 0 saturated heterocycles. The Hall–Kier alpha value is -1.24. The third kappa shape index (κ3) is 3.16. The second-order valence-electron chi connectivity index (χ2n) is 3.61. The smallest absolute Gasteiger partial charge is 0.251 e. The van der Waals surface area contributed by atoms with Crippen molar-refractivity contribution in [2.45, 2.75) is 13.1 Å². The van der Waals surface area contributed by atoms with E-state index < -0.39 is 0 Å². The first-order valence-corrected chi connectivity index (χ1v) is 7.03. The van der Waals surface area contributed by atoms with E-state index in [2.05, 4.69) is 26.2 Å². The summed E-state index contributed by atoms with van der Waals surface area (Å²) in [4.78, 5) is 17.1. The first kappa shape index (κ1) is 13.2. The summed E-state index contributed by atoms with van der Waals surface area (Å²) in [5.41, 5.74) is 6.78. The number of amides is 1. The number of hydrogen-bond donors (Lipinski definition) is 2. The summed E-state index contributed by atoms with van der Waals surface area (Å²) < 4.78 is 1.02. The minimum Gasteiger partial charge on any atom is -0.347 e. The Kier molecular flexibility index (Phi) is 4.46. The molecule has 2 aromatic rings. The van der Waals surface area contributed by atoms with Gasteiger partial charge in [-0.25, -0.2) is 0 Å². The number of hydrogen-bond acceptors (Lipinski definition) is 4. The number of rotatable bonds is 4. The molecule has 0 spiro atoms. The minimum atomic E-state index is -0.118. The average molecular weight is 326 g/mol. The van der Waals surface area contributed by atoms with E-state index in [-0.39, 0.29) is 5.91 Å². The predicted octanol–water partition coefficient (Wildman–Crippen LogP) is 2.29. The van der Waals surface area contributed by atoms with Crippen LogP contribution in [0.15, 0.2) is 34.2 Å². The maximum absolute atomic E-state index is 11.9. The first-order valence-electron chi connectivity index (χ1n) is 5.36. The average Bonchev–Trinajstić information content (AvgIpc) is 2.81. The highest BCUT2D eigenvalue weighted by Crippen LogP contribution is 2.22. The fraction of sp³-hybridized carbons (Fsp3) is 0.167. The maximum Gasteiger partial charge on any atom is 0.251 e. The third-order valence-corrected chi connectivity index (χ3v) is 4.31. The molecule has 3 N–H and O–H groups in total. The van der Waals surface area contributed by atoms with Crippen molar-refractivity contribution in [3.8, 4) is 0 Å². The number of halogens is 1. The van der Waals surface area contributed by atoms with Crippen molar-refractivity contribution in [3.63, 3.8) is 0 Å². The monoisotopic (exact) mass is 325 g/mol. The molecule has 0 aliphatic carbocycles. The van der Waals surface area contributed by atoms with Gasteiger partial charge in [-0.1, -0.05) is 0 Å². The van der Waals surface area contributed by atoms with Crippen LogP contribution in [0.3, 0.4) is 0 Å². The van der Waals surface area contributed by atoms with Crippen molar-refractivity contribution >= 4 is 33.2 Å². The van der Waals surface area contributed by atoms with Crippen LogP contribution in [0, 0.1) is 0 Å². The van der Waals surface area contributed by atoms with Gasteiger partial charge in [-0.3, -0.25) is 9.78 Å². The number of nitrogens with two attached hydrogens (primary N) is 1. The van der Waals surface area contributed by atoms with Gasteiger partial charge in [0.05, 0.1) is 12.2 Å². The zero-order chi connectivity index (χ0) is 13.0. The summed E-state index contributed by atoms with van der Waals surface area (Å²) in [7, 11) is 0. The molecule has 4 nitrogen and oxygen atoms in total. The van der Waals surface area contributed by atoms with Crippen LogP contribution in [-0.4, -0.2) is 10.9 Å². The van der Waals surface area contributed by atoms with Gasteiger partial charge < -0.3 is 11.1 Å². The van der Waals surface area contributed by atoms with Crippen molar-refractivity contribution in [1.29, 1.82) is 0 Å². The van der Waals surface area contributed by atoms with Crippen LogP contribution in [-0.2, 0) is 13.1 Å². The standard InChI is InChI=1S/C12H12BrN3OS/c13-10-2-4-18-11(10)7-16-12(17)8-1-3-15-9(5-8)6-14/h1-5H,6-7,14H2,(H,16,17). The van der Waals surface area contributed by atoms with Crippen molar-refractivity contribution in [1.82, 2.24) is 10.3 Å². The third-order valence-electron chi connectivity index (χ3n) is 2.39. The largest absolute Gasteiger partial charge is 0.347 e. The van der Waals surface area contributed by atoms with Gasteiger partial charge in [-0.2, -0.15) is 0 Å². The van der Waals surface area contributed by atoms with Gasteiger partial charge in [-0.15, -0.1) is 11.3 Å². The summed E-state index contributed by atoms with van der Waals surface area (Å²) in [6, 6.07) is 5.35. The fourth-order valence-electron chi connectivity index (χ4n) is 1.44. The van der Waals surface area contributed by atoms with Gasteiger partial charge in [0.15, 0.2) is 0 Å². The Labute approximate surface area is 117 Å². The molecule has 0 radical (unpaired) electrons. The number of nitrogens with one attached hydrogen (secondary N) is 1. The quantitative estimate of drug-likeness (QED) is 0.906. The Morgan fingerprint density at radius 1 is 1.50 bits per heavy atom. The van der Waals surface area contributed by atoms with E-state index in [1.165, 1.54) is 0 Å². The molecule has 6 heteroatoms. The lowest BCUT2D eigenvalue weighted by Gasteiger charge is -2.05. The Morgan fingerprint density at radius 2 is 2.33 bits per heavy atom. The van der Waals surface area contributed by atoms with Crippen LogP contribution in [0.5, 0.6) is 0 Å². The van der Waals surface area contributed by atoms with Crippen molar-refractivity contribution < 1.29 is 4.79 Å². The first-order chi connectivity index (χ1) is 8.70. The van der Waals surface area contributed by atoms with Gasteiger partial charge >= 0.3 is 0 Å². The second-order valence-corrected chi connectivity index (χ2v) is 5.47. The summed E-state index contributed by atoms with van der Waals surface area (Å²) in [6.07, 6.45) is 1.60. The lowest BCUT2D eigenvalue weighted by atomic mass is 10.2. The summed E-state index contributed by atoms with van der Waals surface area (Å²) >= 11 is 5.03. The van der Waals surface area contributed by atoms with Crippen LogP contribution in [0.1, 0.15) is 20.9 Å². The Balaban J connectivity index is 2.01. The highest BCUT2D eigenvalue weighted by molar-refractivity contribution is 9.10. The molecule has 0 fully saturated rings. The molecule has 0 aliphatic heterocycles. The number of aromatic nitrogens is 1. The molecule has 18 heavy (non-hydrogen) atoms. The van der Waals surface area contributed by atoms with E-state index in [1.807, 2.05) is 11.4 Å². The van der Waals surface area contributed by atoms with E-state index in [0.717, 1.165) is 9.35 Å². The summed E-state index contributed by atoms with van der Waals surface area (Å²) in [5.74, 6) is -0.118. The molecule has 0 unspecified atom stereocenters. The van der Waals surface area contributed by atoms with Gasteiger partial charge in [0, 0.05) is 27.7 Å². The van der Waals surface area contributed by atoms with E-state index in [0.29, 0.717) is 24.3 Å². The molecule has 0 aromatic carbocycles. The number of thiophene rings is 1. The highest BCUT2D eigenvalue weighted by atomic mass is 79.9. The topological polar surface area (TPSA) is 68.0 Å². The molecular weight excluding hydrogens is 314 g/mol. The number of nitrogens with zero attached hydrogens (tertiary/aromatic N) is 1. The zero-order valence-electron chi connectivity index (χ0n) is 9.52. The van der Waals surface area contributed by atoms with Gasteiger partial charge in [0.2, 0.25) is 0 Å². The molecule has 0 atom stereocenters. The van der Waals surface area contributed by atoms with Gasteiger partial charge in [-0.05, 0) is 39.5 Å². The Bertz CT molecular complexity index is 556. The number of pyridine rings is 1. The van der Waals surface area contributed by atoms with E-state index in [9.17, 15) is 4.79 Å². The van der Waals surface area contributed by atoms with Crippen LogP contribution < -0.4 is 11.1 Å². The van der Waals surface area contributed by atoms with E-state index in [4.69, 9.17) is 5.73 Å². The van der Waals surface area contributed by atoms with Crippen molar-refractivity contribution in [2.24, 2.45) is 5.73 Å². The van der Waals surface area contributed by atoms with Crippen LogP contribution >= 0.6 is 27.3 Å². The van der Waals surface area contributed by atoms with Crippen LogP contribution in [0.2, 0.25) is 0 Å². The van der Waals surface area contributed by atoms with Crippen LogP contribution in [0.4, 0.5) is 0 Å². The molecule has 94 valence electrons. The zero-order valence-corrected chi connectivity index (χ0v) is 11.9. The SMILES string of the molecule is NCc1cc(C(=O)NCc2sccc2Br)ccn1. The van der Waals surface area contributed by atoms with E-state index >= 15 is 0 Å². The minimum absolute atomic E-state index is 0.118.